The molecule has 0 bridgehead atoms. The Balaban J connectivity index is 1.89. The highest BCUT2D eigenvalue weighted by molar-refractivity contribution is 7.99. The van der Waals surface area contributed by atoms with E-state index in [4.69, 9.17) is 23.2 Å². The van der Waals surface area contributed by atoms with Gasteiger partial charge >= 0.3 is 0 Å². The van der Waals surface area contributed by atoms with Crippen molar-refractivity contribution < 1.29 is 4.79 Å². The number of nitrogens with one attached hydrogen (secondary N) is 1. The van der Waals surface area contributed by atoms with E-state index in [0.717, 1.165) is 17.0 Å². The van der Waals surface area contributed by atoms with Crippen LogP contribution in [0.25, 0.3) is 0 Å². The van der Waals surface area contributed by atoms with E-state index in [0.29, 0.717) is 15.8 Å². The van der Waals surface area contributed by atoms with Crippen molar-refractivity contribution in [3.63, 3.8) is 0 Å². The lowest BCUT2D eigenvalue weighted by molar-refractivity contribution is -0.119. The third kappa shape index (κ3) is 5.20. The average molecular weight is 355 g/mol. The SMILES string of the molecule is CCC(NC(=O)CSc1ccc(Cl)cn1)c1ccc(Cl)cc1. The van der Waals surface area contributed by atoms with Gasteiger partial charge in [-0.1, -0.05) is 54.0 Å². The maximum atomic E-state index is 12.1. The number of carbonyl (C=O) groups excluding carboxylic acids is 1. The number of nitrogens with zero attached hydrogens (tertiary/aromatic N) is 1. The van der Waals surface area contributed by atoms with Gasteiger partial charge < -0.3 is 5.32 Å². The summed E-state index contributed by atoms with van der Waals surface area (Å²) in [6.45, 7) is 2.04. The number of hydrogen-bond donors (Lipinski definition) is 1. The molecule has 0 spiro atoms. The van der Waals surface area contributed by atoms with Crippen molar-refractivity contribution in [1.82, 2.24) is 10.3 Å². The number of thioether (sulfide) groups is 1. The minimum Gasteiger partial charge on any atom is -0.349 e. The smallest absolute Gasteiger partial charge is 0.230 e. The highest BCUT2D eigenvalue weighted by atomic mass is 35.5. The quantitative estimate of drug-likeness (QED) is 0.761. The maximum absolute atomic E-state index is 12.1. The van der Waals surface area contributed by atoms with E-state index in [9.17, 15) is 4.79 Å². The van der Waals surface area contributed by atoms with Crippen LogP contribution in [0.1, 0.15) is 24.9 Å². The van der Waals surface area contributed by atoms with Gasteiger partial charge in [0.2, 0.25) is 5.91 Å². The number of halogens is 2. The third-order valence-electron chi connectivity index (χ3n) is 3.07. The van der Waals surface area contributed by atoms with Gasteiger partial charge in [-0.15, -0.1) is 0 Å². The fourth-order valence-corrected chi connectivity index (χ4v) is 2.83. The molecule has 1 amide bonds. The van der Waals surface area contributed by atoms with Gasteiger partial charge in [0, 0.05) is 11.2 Å². The Kier molecular flexibility index (Phi) is 6.55. The zero-order chi connectivity index (χ0) is 15.9. The Morgan fingerprint density at radius 1 is 1.18 bits per heavy atom. The van der Waals surface area contributed by atoms with Gasteiger partial charge in [0.15, 0.2) is 0 Å². The van der Waals surface area contributed by atoms with E-state index in [1.165, 1.54) is 11.8 Å². The molecular weight excluding hydrogens is 339 g/mol. The van der Waals surface area contributed by atoms with Gasteiger partial charge in [0.25, 0.3) is 0 Å². The van der Waals surface area contributed by atoms with Crippen LogP contribution in [-0.2, 0) is 4.79 Å². The Morgan fingerprint density at radius 2 is 1.86 bits per heavy atom. The summed E-state index contributed by atoms with van der Waals surface area (Å²) in [7, 11) is 0. The van der Waals surface area contributed by atoms with Crippen LogP contribution in [0.15, 0.2) is 47.6 Å². The van der Waals surface area contributed by atoms with Crippen molar-refractivity contribution in [2.24, 2.45) is 0 Å². The van der Waals surface area contributed by atoms with Gasteiger partial charge in [-0.2, -0.15) is 0 Å². The number of amides is 1. The molecule has 0 saturated heterocycles. The molecule has 1 N–H and O–H groups in total. The summed E-state index contributed by atoms with van der Waals surface area (Å²) in [4.78, 5) is 16.2. The highest BCUT2D eigenvalue weighted by Crippen LogP contribution is 2.20. The van der Waals surface area contributed by atoms with Crippen LogP contribution in [0.2, 0.25) is 10.0 Å². The summed E-state index contributed by atoms with van der Waals surface area (Å²) < 4.78 is 0. The Hall–Kier alpha value is -1.23. The van der Waals surface area contributed by atoms with Crippen LogP contribution in [0.5, 0.6) is 0 Å². The van der Waals surface area contributed by atoms with Crippen molar-refractivity contribution in [2.45, 2.75) is 24.4 Å². The molecule has 6 heteroatoms. The first-order chi connectivity index (χ1) is 10.6. The summed E-state index contributed by atoms with van der Waals surface area (Å²) in [6, 6.07) is 11.1. The predicted molar refractivity (Wildman–Crippen MR) is 92.6 cm³/mol. The second-order valence-corrected chi connectivity index (χ2v) is 6.55. The molecule has 116 valence electrons. The minimum absolute atomic E-state index is 0.0106. The molecule has 2 aromatic rings. The zero-order valence-corrected chi connectivity index (χ0v) is 14.4. The molecule has 0 radical (unpaired) electrons. The first kappa shape index (κ1) is 17.1. The fraction of sp³-hybridized carbons (Fsp3) is 0.250. The molecule has 0 aliphatic rings. The van der Waals surface area contributed by atoms with E-state index in [2.05, 4.69) is 10.3 Å². The third-order valence-corrected chi connectivity index (χ3v) is 4.49. The number of aromatic nitrogens is 1. The Morgan fingerprint density at radius 3 is 2.45 bits per heavy atom. The second kappa shape index (κ2) is 8.42. The van der Waals surface area contributed by atoms with Crippen LogP contribution in [0.3, 0.4) is 0 Å². The van der Waals surface area contributed by atoms with Gasteiger partial charge in [-0.25, -0.2) is 4.98 Å². The first-order valence-corrected chi connectivity index (χ1v) is 8.62. The van der Waals surface area contributed by atoms with Crippen molar-refractivity contribution in [1.29, 1.82) is 0 Å². The van der Waals surface area contributed by atoms with Crippen molar-refractivity contribution in [3.8, 4) is 0 Å². The van der Waals surface area contributed by atoms with Crippen LogP contribution in [0, 0.1) is 0 Å². The standard InChI is InChI=1S/C16H16Cl2N2OS/c1-2-14(11-3-5-12(17)6-4-11)20-15(21)10-22-16-8-7-13(18)9-19-16/h3-9,14H,2,10H2,1H3,(H,20,21). The predicted octanol–water partition coefficient (Wildman–Crippen LogP) is 4.75. The van der Waals surface area contributed by atoms with Gasteiger partial charge in [0.1, 0.15) is 0 Å². The summed E-state index contributed by atoms with van der Waals surface area (Å²) in [6.07, 6.45) is 2.39. The van der Waals surface area contributed by atoms with Crippen molar-refractivity contribution in [3.05, 3.63) is 58.2 Å². The van der Waals surface area contributed by atoms with E-state index >= 15 is 0 Å². The normalized spacial score (nSPS) is 12.0. The van der Waals surface area contributed by atoms with E-state index in [-0.39, 0.29) is 11.9 Å². The Labute approximate surface area is 144 Å². The van der Waals surface area contributed by atoms with Crippen molar-refractivity contribution in [2.75, 3.05) is 5.75 Å². The molecule has 0 aliphatic heterocycles. The van der Waals surface area contributed by atoms with E-state index in [1.807, 2.05) is 31.2 Å². The lowest BCUT2D eigenvalue weighted by atomic mass is 10.0. The molecule has 2 rings (SSSR count). The maximum Gasteiger partial charge on any atom is 0.230 e. The van der Waals surface area contributed by atoms with Crippen LogP contribution < -0.4 is 5.32 Å². The van der Waals surface area contributed by atoms with E-state index in [1.54, 1.807) is 18.3 Å². The number of benzene rings is 1. The Bertz CT molecular complexity index is 617. The van der Waals surface area contributed by atoms with Crippen LogP contribution >= 0.6 is 35.0 Å². The summed E-state index contributed by atoms with van der Waals surface area (Å²) in [5.74, 6) is 0.294. The monoisotopic (exact) mass is 354 g/mol. The van der Waals surface area contributed by atoms with Crippen molar-refractivity contribution >= 4 is 40.9 Å². The molecule has 3 nitrogen and oxygen atoms in total. The molecule has 1 aromatic carbocycles. The summed E-state index contributed by atoms with van der Waals surface area (Å²) in [5, 5.41) is 5.08. The largest absolute Gasteiger partial charge is 0.349 e. The molecule has 22 heavy (non-hydrogen) atoms. The molecule has 1 unspecified atom stereocenters. The number of carbonyl (C=O) groups is 1. The topological polar surface area (TPSA) is 42.0 Å². The lowest BCUT2D eigenvalue weighted by Gasteiger charge is -2.17. The number of hydrogen-bond acceptors (Lipinski definition) is 3. The minimum atomic E-state index is -0.0245. The highest BCUT2D eigenvalue weighted by Gasteiger charge is 2.13. The molecule has 0 aliphatic carbocycles. The van der Waals surface area contributed by atoms with E-state index < -0.39 is 0 Å². The molecule has 1 atom stereocenters. The number of pyridine rings is 1. The van der Waals surface area contributed by atoms with Gasteiger partial charge in [-0.3, -0.25) is 4.79 Å². The molecular formula is C16H16Cl2N2OS. The second-order valence-electron chi connectivity index (χ2n) is 4.68. The first-order valence-electron chi connectivity index (χ1n) is 6.87. The molecule has 0 fully saturated rings. The van der Waals surface area contributed by atoms with Gasteiger partial charge in [0.05, 0.1) is 21.8 Å². The fourth-order valence-electron chi connectivity index (χ4n) is 1.94. The average Bonchev–Trinajstić information content (AvgIpc) is 2.53. The van der Waals surface area contributed by atoms with Crippen LogP contribution in [-0.4, -0.2) is 16.6 Å². The molecule has 1 heterocycles. The molecule has 0 saturated carbocycles. The van der Waals surface area contributed by atoms with Crippen LogP contribution in [0.4, 0.5) is 0 Å². The summed E-state index contributed by atoms with van der Waals surface area (Å²) in [5.41, 5.74) is 1.05. The molecule has 1 aromatic heterocycles. The van der Waals surface area contributed by atoms with Gasteiger partial charge in [-0.05, 0) is 36.2 Å². The number of rotatable bonds is 6. The summed E-state index contributed by atoms with van der Waals surface area (Å²) >= 11 is 13.1. The lowest BCUT2D eigenvalue weighted by Crippen LogP contribution is -2.29. The zero-order valence-electron chi connectivity index (χ0n) is 12.1.